The van der Waals surface area contributed by atoms with Crippen molar-refractivity contribution in [1.29, 1.82) is 0 Å². The van der Waals surface area contributed by atoms with E-state index in [9.17, 15) is 0 Å². The Morgan fingerprint density at radius 3 is 1.06 bits per heavy atom. The molecule has 0 amide bonds. The summed E-state index contributed by atoms with van der Waals surface area (Å²) < 4.78 is 0. The Morgan fingerprint density at radius 2 is 0.694 bits per heavy atom. The van der Waals surface area contributed by atoms with E-state index >= 15 is 0 Å². The van der Waals surface area contributed by atoms with Gasteiger partial charge in [0.2, 0.25) is 0 Å². The second-order valence-electron chi connectivity index (χ2n) is 12.1. The van der Waals surface area contributed by atoms with Crippen molar-refractivity contribution in [3.05, 3.63) is 236 Å². The normalized spacial score (nSPS) is 15.3. The molecule has 0 saturated heterocycles. The summed E-state index contributed by atoms with van der Waals surface area (Å²) in [6.45, 7) is 0. The van der Waals surface area contributed by atoms with Crippen molar-refractivity contribution >= 4 is 22.3 Å². The van der Waals surface area contributed by atoms with Crippen LogP contribution < -0.4 is 20.7 Å². The van der Waals surface area contributed by atoms with E-state index in [0.29, 0.717) is 12.8 Å². The Hall–Kier alpha value is -5.75. The summed E-state index contributed by atoms with van der Waals surface area (Å²) in [5.41, 5.74) is 14.1. The first-order valence-electron chi connectivity index (χ1n) is 16.4. The summed E-state index contributed by atoms with van der Waals surface area (Å²) in [5, 5.41) is 12.5. The second-order valence-corrected chi connectivity index (χ2v) is 12.1. The first kappa shape index (κ1) is 30.6. The third-order valence-electron chi connectivity index (χ3n) is 9.13. The molecule has 0 saturated carbocycles. The smallest absolute Gasteiger partial charge is 0 e. The number of allylic oxidation sites excluding steroid dienone is 4. The van der Waals surface area contributed by atoms with Crippen LogP contribution in [0.2, 0.25) is 0 Å². The molecule has 0 N–H and O–H groups in total. The number of nitrogens with zero attached hydrogens (tertiary/aromatic N) is 4. The average Bonchev–Trinajstić information content (AvgIpc) is 3.98. The third kappa shape index (κ3) is 5.63. The van der Waals surface area contributed by atoms with E-state index in [1.807, 2.05) is 24.3 Å². The molecule has 239 valence electrons. The molecule has 9 rings (SSSR count). The van der Waals surface area contributed by atoms with E-state index in [1.54, 1.807) is 0 Å². The van der Waals surface area contributed by atoms with E-state index in [0.717, 1.165) is 89.4 Å². The monoisotopic (exact) mass is 673 g/mol. The maximum absolute atomic E-state index is 5.37. The number of aromatic nitrogens is 2. The Bertz CT molecular complexity index is 2240. The summed E-state index contributed by atoms with van der Waals surface area (Å²) in [6, 6.07) is 50.5. The van der Waals surface area contributed by atoms with Gasteiger partial charge in [-0.3, -0.25) is 0 Å². The van der Waals surface area contributed by atoms with Crippen LogP contribution in [0.4, 0.5) is 0 Å². The number of rotatable bonds is 4. The first-order chi connectivity index (χ1) is 23.8. The molecule has 6 aromatic rings. The molecule has 0 atom stereocenters. The van der Waals surface area contributed by atoms with Gasteiger partial charge in [-0.1, -0.05) is 169 Å². The topological polar surface area (TPSA) is 56.4 Å². The Balaban J connectivity index is 0.00000348. The van der Waals surface area contributed by atoms with Gasteiger partial charge < -0.3 is 20.6 Å². The maximum atomic E-state index is 5.37. The second kappa shape index (κ2) is 13.0. The van der Waals surface area contributed by atoms with Gasteiger partial charge in [0.05, 0.1) is 0 Å². The molecule has 3 aliphatic rings. The summed E-state index contributed by atoms with van der Waals surface area (Å²) in [4.78, 5) is 10.7. The number of fused-ring (bicyclic) bond motifs is 8. The zero-order valence-corrected chi connectivity index (χ0v) is 27.6. The Morgan fingerprint density at radius 1 is 0.347 bits per heavy atom. The summed E-state index contributed by atoms with van der Waals surface area (Å²) in [7, 11) is 0. The van der Waals surface area contributed by atoms with Crippen LogP contribution in [-0.2, 0) is 16.8 Å². The van der Waals surface area contributed by atoms with E-state index < -0.39 is 0 Å². The Kier molecular flexibility index (Phi) is 8.13. The van der Waals surface area contributed by atoms with E-state index in [4.69, 9.17) is 20.6 Å². The van der Waals surface area contributed by atoms with Gasteiger partial charge in [-0.2, -0.15) is 0 Å². The molecule has 0 unspecified atom stereocenters. The van der Waals surface area contributed by atoms with Gasteiger partial charge in [0, 0.05) is 16.8 Å². The van der Waals surface area contributed by atoms with Crippen molar-refractivity contribution in [3.63, 3.8) is 0 Å². The molecule has 5 heteroatoms. The minimum absolute atomic E-state index is 0. The molecule has 4 aromatic carbocycles. The van der Waals surface area contributed by atoms with Crippen LogP contribution >= 0.6 is 0 Å². The first-order valence-corrected chi connectivity index (χ1v) is 16.4. The number of benzene rings is 4. The molecule has 4 nitrogen and oxygen atoms in total. The van der Waals surface area contributed by atoms with Crippen LogP contribution in [0.3, 0.4) is 0 Å². The minimum Gasteiger partial charge on any atom is -0.660 e. The molecule has 3 aliphatic heterocycles. The van der Waals surface area contributed by atoms with Gasteiger partial charge in [-0.05, 0) is 46.2 Å². The summed E-state index contributed by atoms with van der Waals surface area (Å²) in [5.74, 6) is 0. The molecule has 8 bridgehead atoms. The van der Waals surface area contributed by atoms with Crippen molar-refractivity contribution in [2.75, 3.05) is 0 Å². The quantitative estimate of drug-likeness (QED) is 0.188. The van der Waals surface area contributed by atoms with E-state index in [-0.39, 0.29) is 16.8 Å². The van der Waals surface area contributed by atoms with Crippen LogP contribution in [-0.4, -0.2) is 0 Å². The van der Waals surface area contributed by atoms with Crippen molar-refractivity contribution in [3.8, 4) is 0 Å². The molecule has 0 aliphatic carbocycles. The SMILES string of the molecule is C1=C2[N-]C(=C(c3ccccc3)c3ccc([n-]3)C(c3ccccc3)=C3CC=C([N-]3)C(c3ccccc3)=c3ccc([n-]3)=C2c2ccccc2)C1.[Co]. The third-order valence-corrected chi connectivity index (χ3v) is 9.13. The van der Waals surface area contributed by atoms with E-state index in [1.165, 1.54) is 0 Å². The standard InChI is InChI=1S/C44H30N4.Co/c1-5-13-29(14-6-1)41-33-21-23-35(45-33)42(30-15-7-2-8-16-30)37-25-27-39(47-37)44(32-19-11-4-12-20-32)40-28-26-38(48-40)43(31-17-9-3-10-18-31)36-24-22-34(41)46-36;/h1-23,25-26,28H,24,27H2;/q-4;. The van der Waals surface area contributed by atoms with Gasteiger partial charge in [0.25, 0.3) is 0 Å². The van der Waals surface area contributed by atoms with Crippen LogP contribution in [0.25, 0.3) is 32.9 Å². The van der Waals surface area contributed by atoms with E-state index in [2.05, 4.69) is 133 Å². The fraction of sp³-hybridized carbons (Fsp3) is 0.0455. The number of hydrogen-bond donors (Lipinski definition) is 0. The fourth-order valence-electron chi connectivity index (χ4n) is 6.97. The van der Waals surface area contributed by atoms with Crippen molar-refractivity contribution in [2.24, 2.45) is 0 Å². The van der Waals surface area contributed by atoms with Gasteiger partial charge in [0.1, 0.15) is 0 Å². The summed E-state index contributed by atoms with van der Waals surface area (Å²) in [6.07, 6.45) is 5.86. The molecular weight excluding hydrogens is 643 g/mol. The zero-order valence-electron chi connectivity index (χ0n) is 26.5. The van der Waals surface area contributed by atoms with Gasteiger partial charge in [-0.25, -0.2) is 0 Å². The predicted molar refractivity (Wildman–Crippen MR) is 194 cm³/mol. The predicted octanol–water partition coefficient (Wildman–Crippen LogP) is 8.55. The van der Waals surface area contributed by atoms with Crippen LogP contribution in [0.15, 0.2) is 181 Å². The molecule has 2 aromatic heterocycles. The Labute approximate surface area is 296 Å². The molecular formula is C44H30CoN4-4. The van der Waals surface area contributed by atoms with Crippen LogP contribution in [0.1, 0.15) is 46.5 Å². The zero-order chi connectivity index (χ0) is 31.9. The molecule has 49 heavy (non-hydrogen) atoms. The molecule has 0 spiro atoms. The maximum Gasteiger partial charge on any atom is 0 e. The minimum atomic E-state index is 0. The van der Waals surface area contributed by atoms with Crippen LogP contribution in [0.5, 0.6) is 0 Å². The van der Waals surface area contributed by atoms with Crippen molar-refractivity contribution < 1.29 is 16.8 Å². The van der Waals surface area contributed by atoms with Crippen molar-refractivity contribution in [1.82, 2.24) is 9.97 Å². The summed E-state index contributed by atoms with van der Waals surface area (Å²) >= 11 is 0. The van der Waals surface area contributed by atoms with Gasteiger partial charge in [0.15, 0.2) is 0 Å². The van der Waals surface area contributed by atoms with Gasteiger partial charge in [-0.15, -0.1) is 44.9 Å². The molecule has 5 heterocycles. The largest absolute Gasteiger partial charge is 0.660 e. The molecule has 1 radical (unpaired) electrons. The van der Waals surface area contributed by atoms with Crippen molar-refractivity contribution in [2.45, 2.75) is 12.8 Å². The number of hydrogen-bond acceptors (Lipinski definition) is 0. The van der Waals surface area contributed by atoms with Gasteiger partial charge >= 0.3 is 0 Å². The average molecular weight is 674 g/mol. The fourth-order valence-corrected chi connectivity index (χ4v) is 6.97. The van der Waals surface area contributed by atoms with Crippen LogP contribution in [0, 0.1) is 0 Å². The molecule has 0 fully saturated rings.